The number of rotatable bonds is 4. The first kappa shape index (κ1) is 14.1. The molecule has 4 heteroatoms. The molecule has 1 heterocycles. The standard InChI is InChI=1S/C16H19N3O/c1-11-6-4-5-7-14(11)12(2)19-16(20)13-8-9-15(17-3)18-10-13/h4-10,12H,1-3H3,(H,17,18)(H,19,20). The summed E-state index contributed by atoms with van der Waals surface area (Å²) in [5.41, 5.74) is 2.86. The maximum absolute atomic E-state index is 12.2. The summed E-state index contributed by atoms with van der Waals surface area (Å²) in [5.74, 6) is 0.629. The first-order valence-electron chi connectivity index (χ1n) is 6.62. The highest BCUT2D eigenvalue weighted by Gasteiger charge is 2.13. The number of benzene rings is 1. The molecule has 1 unspecified atom stereocenters. The summed E-state index contributed by atoms with van der Waals surface area (Å²) in [5, 5.41) is 5.92. The van der Waals surface area contributed by atoms with Crippen LogP contribution in [0.25, 0.3) is 0 Å². The second-order valence-corrected chi connectivity index (χ2v) is 4.73. The van der Waals surface area contributed by atoms with Gasteiger partial charge in [-0.3, -0.25) is 4.79 Å². The van der Waals surface area contributed by atoms with Crippen molar-refractivity contribution in [3.63, 3.8) is 0 Å². The third kappa shape index (κ3) is 3.15. The van der Waals surface area contributed by atoms with E-state index in [1.54, 1.807) is 25.4 Å². The summed E-state index contributed by atoms with van der Waals surface area (Å²) in [4.78, 5) is 16.3. The van der Waals surface area contributed by atoms with Gasteiger partial charge < -0.3 is 10.6 Å². The number of pyridine rings is 1. The van der Waals surface area contributed by atoms with Crippen LogP contribution in [-0.4, -0.2) is 17.9 Å². The number of nitrogens with zero attached hydrogens (tertiary/aromatic N) is 1. The molecule has 0 radical (unpaired) electrons. The minimum atomic E-state index is -0.115. The van der Waals surface area contributed by atoms with E-state index in [0.29, 0.717) is 5.56 Å². The topological polar surface area (TPSA) is 54.0 Å². The number of nitrogens with one attached hydrogen (secondary N) is 2. The van der Waals surface area contributed by atoms with Gasteiger partial charge in [0.2, 0.25) is 0 Å². The van der Waals surface area contributed by atoms with Crippen molar-refractivity contribution < 1.29 is 4.79 Å². The first-order chi connectivity index (χ1) is 9.61. The maximum Gasteiger partial charge on any atom is 0.253 e. The van der Waals surface area contributed by atoms with Crippen molar-refractivity contribution in [2.24, 2.45) is 0 Å². The zero-order valence-electron chi connectivity index (χ0n) is 12.0. The van der Waals surface area contributed by atoms with Crippen molar-refractivity contribution in [3.8, 4) is 0 Å². The van der Waals surface area contributed by atoms with Crippen molar-refractivity contribution in [1.29, 1.82) is 0 Å². The number of anilines is 1. The Balaban J connectivity index is 2.09. The maximum atomic E-state index is 12.2. The van der Waals surface area contributed by atoms with E-state index < -0.39 is 0 Å². The lowest BCUT2D eigenvalue weighted by Gasteiger charge is -2.16. The number of hydrogen-bond acceptors (Lipinski definition) is 3. The van der Waals surface area contributed by atoms with Crippen LogP contribution in [0, 0.1) is 6.92 Å². The molecular formula is C16H19N3O. The van der Waals surface area contributed by atoms with Crippen LogP contribution in [0.1, 0.15) is 34.5 Å². The molecule has 1 aromatic heterocycles. The number of hydrogen-bond donors (Lipinski definition) is 2. The fourth-order valence-electron chi connectivity index (χ4n) is 2.11. The molecule has 0 aliphatic rings. The van der Waals surface area contributed by atoms with Gasteiger partial charge >= 0.3 is 0 Å². The molecule has 1 amide bonds. The van der Waals surface area contributed by atoms with Gasteiger partial charge in [0.05, 0.1) is 11.6 Å². The molecule has 0 aliphatic heterocycles. The highest BCUT2D eigenvalue weighted by Crippen LogP contribution is 2.17. The van der Waals surface area contributed by atoms with E-state index in [1.807, 2.05) is 38.1 Å². The van der Waals surface area contributed by atoms with E-state index in [0.717, 1.165) is 11.4 Å². The summed E-state index contributed by atoms with van der Waals surface area (Å²) in [6.45, 7) is 4.02. The van der Waals surface area contributed by atoms with E-state index in [1.165, 1.54) is 5.56 Å². The summed E-state index contributed by atoms with van der Waals surface area (Å²) < 4.78 is 0. The molecule has 0 aliphatic carbocycles. The molecule has 1 atom stereocenters. The van der Waals surface area contributed by atoms with Gasteiger partial charge in [0.15, 0.2) is 0 Å². The average molecular weight is 269 g/mol. The Morgan fingerprint density at radius 3 is 2.55 bits per heavy atom. The number of amides is 1. The lowest BCUT2D eigenvalue weighted by molar-refractivity contribution is 0.0939. The Morgan fingerprint density at radius 2 is 1.95 bits per heavy atom. The zero-order valence-corrected chi connectivity index (χ0v) is 12.0. The predicted octanol–water partition coefficient (Wildman–Crippen LogP) is 2.92. The molecule has 2 N–H and O–H groups in total. The van der Waals surface area contributed by atoms with Crippen LogP contribution >= 0.6 is 0 Å². The van der Waals surface area contributed by atoms with Crippen LogP contribution in [0.2, 0.25) is 0 Å². The van der Waals surface area contributed by atoms with Gasteiger partial charge in [0.1, 0.15) is 5.82 Å². The number of aromatic nitrogens is 1. The Hall–Kier alpha value is -2.36. The van der Waals surface area contributed by atoms with Crippen LogP contribution < -0.4 is 10.6 Å². The Kier molecular flexibility index (Phi) is 4.35. The second-order valence-electron chi connectivity index (χ2n) is 4.73. The first-order valence-corrected chi connectivity index (χ1v) is 6.62. The SMILES string of the molecule is CNc1ccc(C(=O)NC(C)c2ccccc2C)cn1. The van der Waals surface area contributed by atoms with E-state index in [4.69, 9.17) is 0 Å². The monoisotopic (exact) mass is 269 g/mol. The van der Waals surface area contributed by atoms with Crippen molar-refractivity contribution in [1.82, 2.24) is 10.3 Å². The predicted molar refractivity (Wildman–Crippen MR) is 80.8 cm³/mol. The van der Waals surface area contributed by atoms with Crippen LogP contribution in [0.3, 0.4) is 0 Å². The molecule has 0 saturated carbocycles. The third-order valence-electron chi connectivity index (χ3n) is 3.28. The van der Waals surface area contributed by atoms with Gasteiger partial charge in [-0.25, -0.2) is 4.98 Å². The average Bonchev–Trinajstić information content (AvgIpc) is 2.47. The normalized spacial score (nSPS) is 11.8. The number of carbonyl (C=O) groups excluding carboxylic acids is 1. The molecule has 0 bridgehead atoms. The molecule has 104 valence electrons. The summed E-state index contributed by atoms with van der Waals surface area (Å²) in [7, 11) is 1.79. The van der Waals surface area contributed by atoms with Gasteiger partial charge in [-0.15, -0.1) is 0 Å². The quantitative estimate of drug-likeness (QED) is 0.897. The third-order valence-corrected chi connectivity index (χ3v) is 3.28. The van der Waals surface area contributed by atoms with Gasteiger partial charge in [-0.05, 0) is 37.1 Å². The fourth-order valence-corrected chi connectivity index (χ4v) is 2.11. The Bertz CT molecular complexity index is 593. The van der Waals surface area contributed by atoms with E-state index >= 15 is 0 Å². The second kappa shape index (κ2) is 6.19. The molecule has 20 heavy (non-hydrogen) atoms. The molecule has 1 aromatic carbocycles. The van der Waals surface area contributed by atoms with Crippen molar-refractivity contribution in [2.45, 2.75) is 19.9 Å². The minimum Gasteiger partial charge on any atom is -0.373 e. The van der Waals surface area contributed by atoms with Gasteiger partial charge in [0, 0.05) is 13.2 Å². The Labute approximate surface area is 119 Å². The fraction of sp³-hybridized carbons (Fsp3) is 0.250. The number of aryl methyl sites for hydroxylation is 1. The summed E-state index contributed by atoms with van der Waals surface area (Å²) in [6, 6.07) is 11.6. The largest absolute Gasteiger partial charge is 0.373 e. The van der Waals surface area contributed by atoms with Crippen LogP contribution in [-0.2, 0) is 0 Å². The molecule has 0 saturated heterocycles. The molecule has 4 nitrogen and oxygen atoms in total. The molecule has 0 fully saturated rings. The van der Waals surface area contributed by atoms with Crippen LogP contribution in [0.15, 0.2) is 42.6 Å². The molecule has 0 spiro atoms. The summed E-state index contributed by atoms with van der Waals surface area (Å²) in [6.07, 6.45) is 1.58. The van der Waals surface area contributed by atoms with Crippen LogP contribution in [0.4, 0.5) is 5.82 Å². The molecule has 2 rings (SSSR count). The van der Waals surface area contributed by atoms with E-state index in [9.17, 15) is 4.79 Å². The Morgan fingerprint density at radius 1 is 1.20 bits per heavy atom. The van der Waals surface area contributed by atoms with E-state index in [-0.39, 0.29) is 11.9 Å². The lowest BCUT2D eigenvalue weighted by Crippen LogP contribution is -2.27. The van der Waals surface area contributed by atoms with E-state index in [2.05, 4.69) is 15.6 Å². The zero-order chi connectivity index (χ0) is 14.5. The van der Waals surface area contributed by atoms with Gasteiger partial charge in [-0.1, -0.05) is 24.3 Å². The smallest absolute Gasteiger partial charge is 0.253 e. The number of carbonyl (C=O) groups is 1. The molecular weight excluding hydrogens is 250 g/mol. The molecule has 2 aromatic rings. The highest BCUT2D eigenvalue weighted by atomic mass is 16.1. The highest BCUT2D eigenvalue weighted by molar-refractivity contribution is 5.94. The van der Waals surface area contributed by atoms with Crippen LogP contribution in [0.5, 0.6) is 0 Å². The van der Waals surface area contributed by atoms with Crippen molar-refractivity contribution in [3.05, 3.63) is 59.3 Å². The van der Waals surface area contributed by atoms with Crippen molar-refractivity contribution >= 4 is 11.7 Å². The van der Waals surface area contributed by atoms with Crippen molar-refractivity contribution in [2.75, 3.05) is 12.4 Å². The minimum absolute atomic E-state index is 0.0346. The van der Waals surface area contributed by atoms with Gasteiger partial charge in [-0.2, -0.15) is 0 Å². The summed E-state index contributed by atoms with van der Waals surface area (Å²) >= 11 is 0. The lowest BCUT2D eigenvalue weighted by atomic mass is 10.0. The van der Waals surface area contributed by atoms with Gasteiger partial charge in [0.25, 0.3) is 5.91 Å².